The summed E-state index contributed by atoms with van der Waals surface area (Å²) in [6.45, 7) is 0. The van der Waals surface area contributed by atoms with E-state index in [9.17, 15) is 0 Å². The van der Waals surface area contributed by atoms with Crippen LogP contribution in [0.3, 0.4) is 0 Å². The molecule has 4 heterocycles. The minimum absolute atomic E-state index is 0.617. The van der Waals surface area contributed by atoms with E-state index in [1.807, 2.05) is 12.1 Å². The van der Waals surface area contributed by atoms with Crippen LogP contribution in [0.1, 0.15) is 22.3 Å². The molecule has 5 heteroatoms. The normalized spacial score (nSPS) is 11.9. The van der Waals surface area contributed by atoms with Crippen LogP contribution in [-0.4, -0.2) is 19.5 Å². The summed E-state index contributed by atoms with van der Waals surface area (Å²) in [6, 6.07) is 70.6. The highest BCUT2D eigenvalue weighted by molar-refractivity contribution is 6.09. The zero-order valence-electron chi connectivity index (χ0n) is 30.8. The van der Waals surface area contributed by atoms with E-state index in [1.54, 1.807) is 6.20 Å². The van der Waals surface area contributed by atoms with Crippen molar-refractivity contribution in [2.24, 2.45) is 0 Å². The van der Waals surface area contributed by atoms with Gasteiger partial charge < -0.3 is 4.42 Å². The molecule has 4 aromatic heterocycles. The Kier molecular flexibility index (Phi) is 7.64. The summed E-state index contributed by atoms with van der Waals surface area (Å²) in [6.07, 6.45) is 1.76. The van der Waals surface area contributed by atoms with Crippen LogP contribution in [0.4, 0.5) is 0 Å². The number of nitrogens with zero attached hydrogens (tertiary/aromatic N) is 4. The van der Waals surface area contributed by atoms with Crippen LogP contribution in [0.25, 0.3) is 72.3 Å². The maximum Gasteiger partial charge on any atom is 0.227 e. The van der Waals surface area contributed by atoms with Crippen molar-refractivity contribution >= 4 is 43.9 Å². The van der Waals surface area contributed by atoms with Crippen LogP contribution in [0.15, 0.2) is 211 Å². The van der Waals surface area contributed by atoms with Gasteiger partial charge in [-0.05, 0) is 70.8 Å². The van der Waals surface area contributed by atoms with Crippen LogP contribution in [0, 0.1) is 0 Å². The molecule has 5 nitrogen and oxygen atoms in total. The summed E-state index contributed by atoms with van der Waals surface area (Å²) in [7, 11) is 0. The molecule has 0 atom stereocenters. The lowest BCUT2D eigenvalue weighted by Crippen LogP contribution is -2.31. The second-order valence-corrected chi connectivity index (χ2v) is 14.4. The quantitative estimate of drug-likeness (QED) is 0.153. The van der Waals surface area contributed by atoms with E-state index >= 15 is 0 Å². The van der Waals surface area contributed by atoms with Crippen LogP contribution < -0.4 is 0 Å². The van der Waals surface area contributed by atoms with Gasteiger partial charge >= 0.3 is 0 Å². The van der Waals surface area contributed by atoms with E-state index in [4.69, 9.17) is 14.4 Å². The van der Waals surface area contributed by atoms with Crippen LogP contribution >= 0.6 is 0 Å². The topological polar surface area (TPSA) is 56.7 Å². The molecule has 7 aromatic carbocycles. The van der Waals surface area contributed by atoms with Crippen LogP contribution in [0.2, 0.25) is 0 Å². The maximum absolute atomic E-state index is 6.12. The second kappa shape index (κ2) is 13.3. The molecule has 0 unspecified atom stereocenters. The number of aromatic nitrogens is 4. The number of fused-ring (bicyclic) bond motifs is 6. The average molecular weight is 731 g/mol. The Morgan fingerprint density at radius 1 is 0.421 bits per heavy atom. The van der Waals surface area contributed by atoms with E-state index < -0.39 is 5.41 Å². The van der Waals surface area contributed by atoms with E-state index in [-0.39, 0.29) is 0 Å². The first-order valence-electron chi connectivity index (χ1n) is 19.2. The van der Waals surface area contributed by atoms with E-state index in [0.717, 1.165) is 55.6 Å². The van der Waals surface area contributed by atoms with Gasteiger partial charge in [0.15, 0.2) is 5.82 Å². The molecule has 0 aliphatic rings. The largest absolute Gasteiger partial charge is 0.438 e. The molecule has 0 amide bonds. The number of rotatable bonds is 7. The smallest absolute Gasteiger partial charge is 0.227 e. The zero-order chi connectivity index (χ0) is 37.8. The van der Waals surface area contributed by atoms with E-state index in [1.165, 1.54) is 27.5 Å². The summed E-state index contributed by atoms with van der Waals surface area (Å²) in [4.78, 5) is 15.3. The fourth-order valence-corrected chi connectivity index (χ4v) is 8.72. The minimum Gasteiger partial charge on any atom is -0.438 e. The van der Waals surface area contributed by atoms with Gasteiger partial charge in [-0.3, -0.25) is 4.57 Å². The maximum atomic E-state index is 6.12. The number of benzene rings is 7. The highest BCUT2D eigenvalue weighted by Gasteiger charge is 2.38. The van der Waals surface area contributed by atoms with Crippen molar-refractivity contribution in [1.29, 1.82) is 0 Å². The van der Waals surface area contributed by atoms with Crippen LogP contribution in [-0.2, 0) is 5.41 Å². The molecule has 268 valence electrons. The Labute approximate surface area is 329 Å². The Bertz CT molecular complexity index is 3090. The number of furan rings is 1. The average Bonchev–Trinajstić information content (AvgIpc) is 3.83. The molecular formula is C52H34N4O. The van der Waals surface area contributed by atoms with E-state index in [0.29, 0.717) is 11.5 Å². The fourth-order valence-electron chi connectivity index (χ4n) is 8.72. The van der Waals surface area contributed by atoms with Gasteiger partial charge in [-0.1, -0.05) is 146 Å². The van der Waals surface area contributed by atoms with Crippen molar-refractivity contribution in [3.8, 4) is 28.5 Å². The molecule has 11 rings (SSSR count). The number of pyridine rings is 1. The molecule has 0 radical (unpaired) electrons. The first-order chi connectivity index (χ1) is 28.3. The number of hydrogen-bond acceptors (Lipinski definition) is 4. The van der Waals surface area contributed by atoms with Gasteiger partial charge in [0, 0.05) is 44.9 Å². The summed E-state index contributed by atoms with van der Waals surface area (Å²) in [5.41, 5.74) is 10.3. The molecule has 0 saturated carbocycles. The summed E-state index contributed by atoms with van der Waals surface area (Å²) >= 11 is 0. The van der Waals surface area contributed by atoms with Gasteiger partial charge in [-0.2, -0.15) is 0 Å². The van der Waals surface area contributed by atoms with Gasteiger partial charge in [0.25, 0.3) is 0 Å². The van der Waals surface area contributed by atoms with E-state index in [2.05, 4.69) is 198 Å². The van der Waals surface area contributed by atoms with Crippen molar-refractivity contribution in [1.82, 2.24) is 19.5 Å². The Balaban J connectivity index is 1.18. The summed E-state index contributed by atoms with van der Waals surface area (Å²) in [5.74, 6) is 1.42. The SMILES string of the molecule is c1ccc(C(c2ccccc2)(c2ccccc2)c2cccc(-c3nc(-c4ccc5oc6ncccc6c5c4)cc(-n4c5ccccc5c5ccccc54)n3)c2)cc1. The fraction of sp³-hybridized carbons (Fsp3) is 0.0192. The standard InChI is InChI=1S/C52H34N4O/c1-4-17-37(18-5-1)52(38-19-6-2-7-20-38,39-21-8-3-9-22-39)40-23-14-16-36(32-40)50-54-45(35-29-30-48-44(33-35)43-26-15-31-53-51(43)57-48)34-49(55-50)56-46-27-12-10-24-41(46)42-25-11-13-28-47(42)56/h1-34H. The Morgan fingerprint density at radius 2 is 1.00 bits per heavy atom. The first kappa shape index (κ1) is 32.8. The molecule has 11 aromatic rings. The van der Waals surface area contributed by atoms with Crippen molar-refractivity contribution < 1.29 is 4.42 Å². The third-order valence-electron chi connectivity index (χ3n) is 11.2. The molecule has 57 heavy (non-hydrogen) atoms. The van der Waals surface area contributed by atoms with Crippen molar-refractivity contribution in [2.45, 2.75) is 5.41 Å². The highest BCUT2D eigenvalue weighted by atomic mass is 16.3. The Hall–Kier alpha value is -7.63. The van der Waals surface area contributed by atoms with Gasteiger partial charge in [0.1, 0.15) is 11.4 Å². The molecule has 0 N–H and O–H groups in total. The summed E-state index contributed by atoms with van der Waals surface area (Å²) in [5, 5.41) is 4.32. The third-order valence-corrected chi connectivity index (χ3v) is 11.2. The van der Waals surface area contributed by atoms with Gasteiger partial charge in [-0.25, -0.2) is 15.0 Å². The van der Waals surface area contributed by atoms with Gasteiger partial charge in [0.2, 0.25) is 5.71 Å². The molecule has 0 fully saturated rings. The van der Waals surface area contributed by atoms with Crippen molar-refractivity contribution in [3.05, 3.63) is 229 Å². The number of para-hydroxylation sites is 2. The third kappa shape index (κ3) is 5.28. The monoisotopic (exact) mass is 730 g/mol. The lowest BCUT2D eigenvalue weighted by atomic mass is 9.65. The lowest BCUT2D eigenvalue weighted by Gasteiger charge is -2.37. The molecule has 0 saturated heterocycles. The van der Waals surface area contributed by atoms with Crippen molar-refractivity contribution in [3.63, 3.8) is 0 Å². The molecule has 0 bridgehead atoms. The summed E-state index contributed by atoms with van der Waals surface area (Å²) < 4.78 is 8.39. The predicted molar refractivity (Wildman–Crippen MR) is 231 cm³/mol. The van der Waals surface area contributed by atoms with Gasteiger partial charge in [0.05, 0.1) is 22.1 Å². The predicted octanol–water partition coefficient (Wildman–Crippen LogP) is 12.6. The zero-order valence-corrected chi connectivity index (χ0v) is 30.8. The molecule has 0 spiro atoms. The highest BCUT2D eigenvalue weighted by Crippen LogP contribution is 2.46. The van der Waals surface area contributed by atoms with Crippen molar-refractivity contribution in [2.75, 3.05) is 0 Å². The minimum atomic E-state index is -0.617. The molecule has 0 aliphatic carbocycles. The second-order valence-electron chi connectivity index (χ2n) is 14.4. The first-order valence-corrected chi connectivity index (χ1v) is 19.2. The molecule has 0 aliphatic heterocycles. The molecular weight excluding hydrogens is 697 g/mol. The van der Waals surface area contributed by atoms with Gasteiger partial charge in [-0.15, -0.1) is 0 Å². The number of hydrogen-bond donors (Lipinski definition) is 0. The van der Waals surface area contributed by atoms with Crippen LogP contribution in [0.5, 0.6) is 0 Å². The lowest BCUT2D eigenvalue weighted by molar-refractivity contribution is 0.654. The Morgan fingerprint density at radius 3 is 1.65 bits per heavy atom.